The molecule has 0 atom stereocenters. The molecule has 0 aliphatic carbocycles. The highest BCUT2D eigenvalue weighted by molar-refractivity contribution is 6.40. The SMILES string of the molecule is O=C(OCn1cc(NC(=O)c2c(Cl)cccc2Cl)c(C(=O)NC2CCNCC2)n1)c1ccccc1. The number of piperidine rings is 1. The van der Waals surface area contributed by atoms with Gasteiger partial charge in [0.1, 0.15) is 0 Å². The van der Waals surface area contributed by atoms with Crippen molar-refractivity contribution in [2.75, 3.05) is 18.4 Å². The van der Waals surface area contributed by atoms with Crippen LogP contribution in [0, 0.1) is 0 Å². The molecule has 0 saturated carbocycles. The summed E-state index contributed by atoms with van der Waals surface area (Å²) in [7, 11) is 0. The van der Waals surface area contributed by atoms with Crippen molar-refractivity contribution in [3.05, 3.63) is 81.6 Å². The summed E-state index contributed by atoms with van der Waals surface area (Å²) < 4.78 is 6.57. The second-order valence-corrected chi connectivity index (χ2v) is 8.72. The number of nitrogens with zero attached hydrogens (tertiary/aromatic N) is 2. The molecule has 4 rings (SSSR count). The molecule has 1 aliphatic heterocycles. The van der Waals surface area contributed by atoms with Crippen LogP contribution in [0.5, 0.6) is 0 Å². The van der Waals surface area contributed by atoms with E-state index in [9.17, 15) is 14.4 Å². The number of halogens is 2. The highest BCUT2D eigenvalue weighted by Crippen LogP contribution is 2.26. The first-order valence-electron chi connectivity index (χ1n) is 11.0. The van der Waals surface area contributed by atoms with E-state index < -0.39 is 17.8 Å². The van der Waals surface area contributed by atoms with E-state index in [2.05, 4.69) is 21.0 Å². The number of hydrogen-bond donors (Lipinski definition) is 3. The van der Waals surface area contributed by atoms with Crippen molar-refractivity contribution in [1.82, 2.24) is 20.4 Å². The molecule has 3 N–H and O–H groups in total. The number of carbonyl (C=O) groups excluding carboxylic acids is 3. The Hall–Kier alpha value is -3.40. The molecule has 0 bridgehead atoms. The van der Waals surface area contributed by atoms with E-state index in [4.69, 9.17) is 27.9 Å². The minimum absolute atomic E-state index is 0.0178. The predicted molar refractivity (Wildman–Crippen MR) is 132 cm³/mol. The van der Waals surface area contributed by atoms with Gasteiger partial charge < -0.3 is 20.7 Å². The van der Waals surface area contributed by atoms with Crippen LogP contribution in [0.1, 0.15) is 44.0 Å². The van der Waals surface area contributed by atoms with Gasteiger partial charge in [0.05, 0.1) is 33.1 Å². The maximum atomic E-state index is 13.0. The molecule has 1 fully saturated rings. The van der Waals surface area contributed by atoms with Crippen LogP contribution in [-0.2, 0) is 11.5 Å². The van der Waals surface area contributed by atoms with Crippen molar-refractivity contribution in [1.29, 1.82) is 0 Å². The van der Waals surface area contributed by atoms with Gasteiger partial charge in [-0.15, -0.1) is 0 Å². The van der Waals surface area contributed by atoms with Crippen LogP contribution < -0.4 is 16.0 Å². The molecule has 182 valence electrons. The van der Waals surface area contributed by atoms with Crippen LogP contribution in [0.25, 0.3) is 0 Å². The van der Waals surface area contributed by atoms with Crippen LogP contribution in [0.3, 0.4) is 0 Å². The van der Waals surface area contributed by atoms with E-state index in [0.717, 1.165) is 25.9 Å². The number of rotatable bonds is 7. The number of carbonyl (C=O) groups is 3. The smallest absolute Gasteiger partial charge is 0.339 e. The molecule has 35 heavy (non-hydrogen) atoms. The summed E-state index contributed by atoms with van der Waals surface area (Å²) in [6.45, 7) is 1.33. The van der Waals surface area contributed by atoms with Gasteiger partial charge in [0.25, 0.3) is 11.8 Å². The minimum Gasteiger partial charge on any atom is -0.439 e. The van der Waals surface area contributed by atoms with Gasteiger partial charge in [0, 0.05) is 6.04 Å². The molecule has 2 aromatic carbocycles. The lowest BCUT2D eigenvalue weighted by atomic mass is 10.1. The fourth-order valence-electron chi connectivity index (χ4n) is 3.65. The summed E-state index contributed by atoms with van der Waals surface area (Å²) in [5.74, 6) is -1.60. The Bertz CT molecular complexity index is 1210. The third-order valence-electron chi connectivity index (χ3n) is 5.43. The van der Waals surface area contributed by atoms with Gasteiger partial charge >= 0.3 is 5.97 Å². The Balaban J connectivity index is 1.55. The number of hydrogen-bond acceptors (Lipinski definition) is 6. The van der Waals surface area contributed by atoms with Crippen molar-refractivity contribution in [2.45, 2.75) is 25.6 Å². The minimum atomic E-state index is -0.600. The number of nitrogens with one attached hydrogen (secondary N) is 3. The highest BCUT2D eigenvalue weighted by atomic mass is 35.5. The maximum absolute atomic E-state index is 13.0. The zero-order valence-electron chi connectivity index (χ0n) is 18.6. The van der Waals surface area contributed by atoms with Gasteiger partial charge in [-0.3, -0.25) is 9.59 Å². The average molecular weight is 516 g/mol. The van der Waals surface area contributed by atoms with Gasteiger partial charge in [-0.1, -0.05) is 47.5 Å². The van der Waals surface area contributed by atoms with E-state index in [1.807, 2.05) is 0 Å². The third kappa shape index (κ3) is 6.19. The Labute approximate surface area is 211 Å². The quantitative estimate of drug-likeness (QED) is 0.413. The molecule has 1 aromatic heterocycles. The molecule has 0 unspecified atom stereocenters. The number of amides is 2. The molecule has 3 aromatic rings. The van der Waals surface area contributed by atoms with Gasteiger partial charge in [0.2, 0.25) is 0 Å². The van der Waals surface area contributed by atoms with Crippen molar-refractivity contribution < 1.29 is 19.1 Å². The zero-order chi connectivity index (χ0) is 24.8. The van der Waals surface area contributed by atoms with Crippen LogP contribution in [0.15, 0.2) is 54.7 Å². The van der Waals surface area contributed by atoms with E-state index in [1.54, 1.807) is 48.5 Å². The molecule has 1 saturated heterocycles. The van der Waals surface area contributed by atoms with Gasteiger partial charge in [-0.25, -0.2) is 9.48 Å². The number of aromatic nitrogens is 2. The number of ether oxygens (including phenoxy) is 1. The fourth-order valence-corrected chi connectivity index (χ4v) is 4.22. The van der Waals surface area contributed by atoms with Crippen LogP contribution in [-0.4, -0.2) is 46.7 Å². The zero-order valence-corrected chi connectivity index (χ0v) is 20.1. The lowest BCUT2D eigenvalue weighted by Gasteiger charge is -2.23. The van der Waals surface area contributed by atoms with Crippen LogP contribution in [0.2, 0.25) is 10.0 Å². The molecule has 1 aliphatic rings. The van der Waals surface area contributed by atoms with Crippen LogP contribution in [0.4, 0.5) is 5.69 Å². The molecule has 11 heteroatoms. The lowest BCUT2D eigenvalue weighted by Crippen LogP contribution is -2.43. The molecule has 2 heterocycles. The summed E-state index contributed by atoms with van der Waals surface area (Å²) in [5, 5.41) is 13.4. The van der Waals surface area contributed by atoms with E-state index in [-0.39, 0.29) is 39.8 Å². The molecule has 9 nitrogen and oxygen atoms in total. The van der Waals surface area contributed by atoms with E-state index >= 15 is 0 Å². The number of esters is 1. The summed E-state index contributed by atoms with van der Waals surface area (Å²) in [6.07, 6.45) is 2.97. The van der Waals surface area contributed by atoms with Gasteiger partial charge in [0.15, 0.2) is 12.4 Å². The second kappa shape index (κ2) is 11.4. The normalized spacial score (nSPS) is 13.8. The maximum Gasteiger partial charge on any atom is 0.339 e. The molecule has 0 radical (unpaired) electrons. The predicted octanol–water partition coefficient (Wildman–Crippen LogP) is 3.74. The first-order chi connectivity index (χ1) is 16.9. The summed E-state index contributed by atoms with van der Waals surface area (Å²) in [4.78, 5) is 38.3. The summed E-state index contributed by atoms with van der Waals surface area (Å²) >= 11 is 12.3. The van der Waals surface area contributed by atoms with Crippen molar-refractivity contribution in [3.8, 4) is 0 Å². The van der Waals surface area contributed by atoms with Gasteiger partial charge in [-0.2, -0.15) is 5.10 Å². The largest absolute Gasteiger partial charge is 0.439 e. The fraction of sp³-hybridized carbons (Fsp3) is 0.250. The summed E-state index contributed by atoms with van der Waals surface area (Å²) in [5.41, 5.74) is 0.568. The van der Waals surface area contributed by atoms with Gasteiger partial charge in [-0.05, 0) is 50.2 Å². The number of anilines is 1. The Morgan fingerprint density at radius 3 is 2.37 bits per heavy atom. The lowest BCUT2D eigenvalue weighted by molar-refractivity contribution is 0.0349. The second-order valence-electron chi connectivity index (χ2n) is 7.91. The Morgan fingerprint density at radius 1 is 1.00 bits per heavy atom. The van der Waals surface area contributed by atoms with E-state index in [0.29, 0.717) is 5.56 Å². The monoisotopic (exact) mass is 515 g/mol. The van der Waals surface area contributed by atoms with Crippen molar-refractivity contribution in [3.63, 3.8) is 0 Å². The standard InChI is InChI=1S/C24H23Cl2N5O4/c25-17-7-4-8-18(26)20(17)22(32)29-19-13-31(14-35-24(34)15-5-2-1-3-6-15)30-21(19)23(33)28-16-9-11-27-12-10-16/h1-8,13,16,27H,9-12,14H2,(H,28,33)(H,29,32). The first kappa shape index (κ1) is 24.7. The average Bonchev–Trinajstić information content (AvgIpc) is 3.26. The Kier molecular flexibility index (Phi) is 8.02. The Morgan fingerprint density at radius 2 is 1.69 bits per heavy atom. The topological polar surface area (TPSA) is 114 Å². The molecule has 0 spiro atoms. The molecular weight excluding hydrogens is 493 g/mol. The number of benzene rings is 2. The highest BCUT2D eigenvalue weighted by Gasteiger charge is 2.24. The third-order valence-corrected chi connectivity index (χ3v) is 6.06. The van der Waals surface area contributed by atoms with Crippen LogP contribution >= 0.6 is 23.2 Å². The van der Waals surface area contributed by atoms with Crippen molar-refractivity contribution in [2.24, 2.45) is 0 Å². The molecule has 2 amide bonds. The summed E-state index contributed by atoms with van der Waals surface area (Å²) in [6, 6.07) is 13.2. The first-order valence-corrected chi connectivity index (χ1v) is 11.7. The van der Waals surface area contributed by atoms with Crippen molar-refractivity contribution >= 4 is 46.7 Å². The molecular formula is C24H23Cl2N5O4. The van der Waals surface area contributed by atoms with E-state index in [1.165, 1.54) is 10.9 Å².